The lowest BCUT2D eigenvalue weighted by atomic mass is 10.4. The second-order valence-electron chi connectivity index (χ2n) is 4.26. The van der Waals surface area contributed by atoms with Gasteiger partial charge in [0.05, 0.1) is 0 Å². The Hall–Kier alpha value is -1.06. The highest BCUT2D eigenvalue weighted by Crippen LogP contribution is 2.28. The summed E-state index contributed by atoms with van der Waals surface area (Å²) in [5.74, 6) is 0. The topological polar surface area (TPSA) is 17.1 Å². The van der Waals surface area contributed by atoms with Crippen molar-refractivity contribution in [2.75, 3.05) is 12.5 Å². The summed E-state index contributed by atoms with van der Waals surface area (Å²) in [6, 6.07) is 18.2. The number of thiol groups is 1. The summed E-state index contributed by atoms with van der Waals surface area (Å²) in [6.45, 7) is 0. The largest absolute Gasteiger partial charge is 0.281 e. The molecule has 2 rings (SSSR count). The molecule has 0 atom stereocenters. The maximum absolute atomic E-state index is 11.9. The lowest BCUT2D eigenvalue weighted by molar-refractivity contribution is 0.678. The molecule has 0 aromatic heterocycles. The molecule has 0 amide bonds. The molecular weight excluding hydrogens is 248 g/mol. The average molecular weight is 264 g/mol. The minimum absolute atomic E-state index is 0.940. The molecule has 0 N–H and O–H groups in total. The van der Waals surface area contributed by atoms with Crippen molar-refractivity contribution in [3.05, 3.63) is 54.6 Å². The smallest absolute Gasteiger partial charge is 0.0142 e. The third kappa shape index (κ3) is 3.45. The van der Waals surface area contributed by atoms with Crippen LogP contribution in [0.2, 0.25) is 0 Å². The first-order chi connectivity index (χ1) is 8.05. The Morgan fingerprint density at radius 3 is 1.88 bits per heavy atom. The molecule has 0 radical (unpaired) electrons. The van der Waals surface area contributed by atoms with Gasteiger partial charge in [-0.2, -0.15) is 0 Å². The van der Waals surface area contributed by atoms with Crippen LogP contribution in [-0.4, -0.2) is 16.7 Å². The fraction of sp³-hybridized carbons (Fsp3) is 0.143. The zero-order valence-electron chi connectivity index (χ0n) is 9.96. The van der Waals surface area contributed by atoms with Crippen LogP contribution >= 0.6 is 11.8 Å². The molecule has 0 aliphatic carbocycles. The Morgan fingerprint density at radius 1 is 0.824 bits per heavy atom. The third-order valence-electron chi connectivity index (χ3n) is 2.44. The predicted molar refractivity (Wildman–Crippen MR) is 76.7 cm³/mol. The Labute approximate surface area is 108 Å². The van der Waals surface area contributed by atoms with Crippen molar-refractivity contribution in [3.8, 4) is 0 Å². The van der Waals surface area contributed by atoms with Crippen LogP contribution in [0, 0.1) is 0 Å². The van der Waals surface area contributed by atoms with E-state index in [1.807, 2.05) is 42.5 Å². The van der Waals surface area contributed by atoms with Crippen LogP contribution in [0.25, 0.3) is 0 Å². The van der Waals surface area contributed by atoms with E-state index in [1.165, 1.54) is 9.79 Å². The molecule has 0 aliphatic rings. The molecule has 0 saturated heterocycles. The van der Waals surface area contributed by atoms with Crippen molar-refractivity contribution in [1.29, 1.82) is 0 Å². The van der Waals surface area contributed by atoms with Crippen molar-refractivity contribution < 1.29 is 4.21 Å². The molecule has 2 aromatic carbocycles. The van der Waals surface area contributed by atoms with E-state index in [9.17, 15) is 4.21 Å². The van der Waals surface area contributed by atoms with Crippen LogP contribution in [-0.2, 0) is 9.93 Å². The van der Waals surface area contributed by atoms with Crippen LogP contribution in [0.4, 0.5) is 0 Å². The van der Waals surface area contributed by atoms with Gasteiger partial charge in [0.1, 0.15) is 0 Å². The fourth-order valence-electron chi connectivity index (χ4n) is 1.50. The van der Waals surface area contributed by atoms with Crippen molar-refractivity contribution in [1.82, 2.24) is 0 Å². The van der Waals surface area contributed by atoms with Crippen molar-refractivity contribution in [2.24, 2.45) is 0 Å². The number of hydrogen-bond donors (Lipinski definition) is 1. The standard InChI is InChI=1S/C14H16OS2/c1-17(2,15)14-10-8-13(9-11-14)16-12-6-4-3-5-7-12/h3-11,17H,1-2H3. The van der Waals surface area contributed by atoms with Crippen LogP contribution in [0.1, 0.15) is 0 Å². The second-order valence-corrected chi connectivity index (χ2v) is 8.62. The summed E-state index contributed by atoms with van der Waals surface area (Å²) in [5, 5.41) is 0. The molecule has 0 spiro atoms. The Morgan fingerprint density at radius 2 is 1.35 bits per heavy atom. The van der Waals surface area contributed by atoms with E-state index in [0.717, 1.165) is 4.90 Å². The van der Waals surface area contributed by atoms with Crippen molar-refractivity contribution in [3.63, 3.8) is 0 Å². The van der Waals surface area contributed by atoms with Gasteiger partial charge >= 0.3 is 0 Å². The van der Waals surface area contributed by atoms with E-state index in [-0.39, 0.29) is 0 Å². The summed E-state index contributed by atoms with van der Waals surface area (Å²) >= 11 is 1.72. The molecule has 1 nitrogen and oxygen atoms in total. The molecule has 17 heavy (non-hydrogen) atoms. The summed E-state index contributed by atoms with van der Waals surface area (Å²) in [7, 11) is -2.13. The van der Waals surface area contributed by atoms with Gasteiger partial charge in [-0.15, -0.1) is 0 Å². The number of benzene rings is 2. The first-order valence-corrected chi connectivity index (χ1v) is 8.86. The van der Waals surface area contributed by atoms with E-state index in [0.29, 0.717) is 0 Å². The van der Waals surface area contributed by atoms with Gasteiger partial charge in [0, 0.05) is 14.7 Å². The normalized spacial score (nSPS) is 12.4. The van der Waals surface area contributed by atoms with E-state index >= 15 is 0 Å². The minimum atomic E-state index is -2.13. The summed E-state index contributed by atoms with van der Waals surface area (Å²) < 4.78 is 11.9. The van der Waals surface area contributed by atoms with Crippen LogP contribution in [0.3, 0.4) is 0 Å². The molecular formula is C14H16OS2. The fourth-order valence-corrected chi connectivity index (χ4v) is 3.20. The molecule has 90 valence electrons. The number of hydrogen-bond acceptors (Lipinski definition) is 2. The van der Waals surface area contributed by atoms with E-state index in [2.05, 4.69) is 12.1 Å². The maximum Gasteiger partial charge on any atom is 0.0142 e. The predicted octanol–water partition coefficient (Wildman–Crippen LogP) is 3.47. The SMILES string of the molecule is C[SH](C)(=O)c1ccc(Sc2ccccc2)cc1. The molecule has 0 aliphatic heterocycles. The van der Waals surface area contributed by atoms with Gasteiger partial charge < -0.3 is 0 Å². The van der Waals surface area contributed by atoms with Crippen molar-refractivity contribution in [2.45, 2.75) is 14.7 Å². The van der Waals surface area contributed by atoms with Crippen LogP contribution in [0.15, 0.2) is 69.3 Å². The Kier molecular flexibility index (Phi) is 3.69. The van der Waals surface area contributed by atoms with Gasteiger partial charge in [0.2, 0.25) is 0 Å². The summed E-state index contributed by atoms with van der Waals surface area (Å²) in [5.41, 5.74) is 0. The molecule has 0 bridgehead atoms. The second kappa shape index (κ2) is 5.07. The molecule has 0 heterocycles. The first-order valence-electron chi connectivity index (χ1n) is 5.44. The van der Waals surface area contributed by atoms with Gasteiger partial charge in [-0.05, 0) is 48.9 Å². The first kappa shape index (κ1) is 12.4. The highest BCUT2D eigenvalue weighted by atomic mass is 32.2. The van der Waals surface area contributed by atoms with Gasteiger partial charge in [0.15, 0.2) is 0 Å². The van der Waals surface area contributed by atoms with Crippen LogP contribution in [0.5, 0.6) is 0 Å². The zero-order chi connectivity index (χ0) is 12.3. The van der Waals surface area contributed by atoms with Crippen molar-refractivity contribution >= 4 is 21.7 Å². The quantitative estimate of drug-likeness (QED) is 0.855. The molecule has 0 saturated carbocycles. The maximum atomic E-state index is 11.9. The Bertz CT molecular complexity index is 526. The highest BCUT2D eigenvalue weighted by Gasteiger charge is 2.04. The van der Waals surface area contributed by atoms with Crippen LogP contribution < -0.4 is 0 Å². The minimum Gasteiger partial charge on any atom is -0.281 e. The highest BCUT2D eigenvalue weighted by molar-refractivity contribution is 8.01. The summed E-state index contributed by atoms with van der Waals surface area (Å²) in [6.07, 6.45) is 3.60. The zero-order valence-corrected chi connectivity index (χ0v) is 11.7. The summed E-state index contributed by atoms with van der Waals surface area (Å²) in [4.78, 5) is 3.33. The van der Waals surface area contributed by atoms with Gasteiger partial charge in [-0.1, -0.05) is 39.9 Å². The van der Waals surface area contributed by atoms with Gasteiger partial charge in [-0.25, -0.2) is 0 Å². The average Bonchev–Trinajstić information content (AvgIpc) is 2.30. The number of rotatable bonds is 3. The lowest BCUT2D eigenvalue weighted by Gasteiger charge is -2.12. The van der Waals surface area contributed by atoms with Gasteiger partial charge in [-0.3, -0.25) is 4.21 Å². The molecule has 2 aromatic rings. The molecule has 3 heteroatoms. The molecule has 0 fully saturated rings. The third-order valence-corrected chi connectivity index (χ3v) is 4.99. The monoisotopic (exact) mass is 264 g/mol. The van der Waals surface area contributed by atoms with E-state index in [1.54, 1.807) is 24.3 Å². The van der Waals surface area contributed by atoms with E-state index < -0.39 is 9.93 Å². The molecule has 0 unspecified atom stereocenters. The van der Waals surface area contributed by atoms with E-state index in [4.69, 9.17) is 0 Å². The Balaban J connectivity index is 2.17. The van der Waals surface area contributed by atoms with Gasteiger partial charge in [0.25, 0.3) is 0 Å². The lowest BCUT2D eigenvalue weighted by Crippen LogP contribution is -2.05.